The summed E-state index contributed by atoms with van der Waals surface area (Å²) >= 11 is 0. The van der Waals surface area contributed by atoms with Gasteiger partial charge in [0.1, 0.15) is 24.3 Å². The summed E-state index contributed by atoms with van der Waals surface area (Å²) in [5.41, 5.74) is 0. The van der Waals surface area contributed by atoms with E-state index in [1.165, 1.54) is 24.3 Å². The van der Waals surface area contributed by atoms with Gasteiger partial charge in [0, 0.05) is 13.1 Å². The molecule has 1 rings (SSSR count). The third-order valence-electron chi connectivity index (χ3n) is 2.76. The van der Waals surface area contributed by atoms with Crippen molar-refractivity contribution in [3.8, 4) is 5.75 Å². The van der Waals surface area contributed by atoms with Crippen LogP contribution < -0.4 is 10.1 Å². The summed E-state index contributed by atoms with van der Waals surface area (Å²) in [7, 11) is 0. The van der Waals surface area contributed by atoms with Crippen LogP contribution in [-0.4, -0.2) is 42.1 Å². The van der Waals surface area contributed by atoms with Gasteiger partial charge in [0.2, 0.25) is 0 Å². The molecule has 0 amide bonds. The van der Waals surface area contributed by atoms with Gasteiger partial charge in [-0.15, -0.1) is 0 Å². The highest BCUT2D eigenvalue weighted by Crippen LogP contribution is 2.11. The summed E-state index contributed by atoms with van der Waals surface area (Å²) in [5, 5.41) is 22.4. The molecule has 114 valence electrons. The lowest BCUT2D eigenvalue weighted by Crippen LogP contribution is -2.36. The second-order valence-electron chi connectivity index (χ2n) is 5.36. The zero-order valence-corrected chi connectivity index (χ0v) is 12.1. The molecule has 0 aliphatic heterocycles. The third-order valence-corrected chi connectivity index (χ3v) is 2.76. The Morgan fingerprint density at radius 1 is 1.10 bits per heavy atom. The van der Waals surface area contributed by atoms with E-state index in [4.69, 9.17) is 4.74 Å². The maximum Gasteiger partial charge on any atom is 0.123 e. The fourth-order valence-electron chi connectivity index (χ4n) is 1.83. The van der Waals surface area contributed by atoms with E-state index < -0.39 is 12.2 Å². The van der Waals surface area contributed by atoms with Crippen LogP contribution in [0.2, 0.25) is 0 Å². The van der Waals surface area contributed by atoms with Gasteiger partial charge in [0.15, 0.2) is 0 Å². The minimum absolute atomic E-state index is 0.124. The standard InChI is InChI=1S/C15H24FNO3/c1-11(2)7-13(18)8-17-9-14(19)10-20-15-5-3-12(16)4-6-15/h3-6,11,13-14,17-19H,7-10H2,1-2H3. The Morgan fingerprint density at radius 3 is 2.30 bits per heavy atom. The lowest BCUT2D eigenvalue weighted by atomic mass is 10.1. The van der Waals surface area contributed by atoms with E-state index in [9.17, 15) is 14.6 Å². The van der Waals surface area contributed by atoms with Crippen molar-refractivity contribution in [3.63, 3.8) is 0 Å². The van der Waals surface area contributed by atoms with Crippen molar-refractivity contribution in [3.05, 3.63) is 30.1 Å². The Labute approximate surface area is 119 Å². The van der Waals surface area contributed by atoms with Crippen LogP contribution in [0.15, 0.2) is 24.3 Å². The highest BCUT2D eigenvalue weighted by Gasteiger charge is 2.09. The van der Waals surface area contributed by atoms with Crippen molar-refractivity contribution >= 4 is 0 Å². The molecular formula is C15H24FNO3. The van der Waals surface area contributed by atoms with Gasteiger partial charge in [-0.2, -0.15) is 0 Å². The molecule has 0 heterocycles. The number of rotatable bonds is 9. The number of ether oxygens (including phenoxy) is 1. The molecule has 0 saturated carbocycles. The molecule has 0 bridgehead atoms. The maximum atomic E-state index is 12.7. The monoisotopic (exact) mass is 285 g/mol. The Morgan fingerprint density at radius 2 is 1.70 bits per heavy atom. The Hall–Kier alpha value is -1.17. The van der Waals surface area contributed by atoms with E-state index in [1.807, 2.05) is 0 Å². The first-order chi connectivity index (χ1) is 9.47. The van der Waals surface area contributed by atoms with Crippen molar-refractivity contribution in [1.29, 1.82) is 0 Å². The molecule has 4 nitrogen and oxygen atoms in total. The molecule has 0 radical (unpaired) electrons. The molecule has 1 aromatic rings. The number of benzene rings is 1. The molecule has 2 unspecified atom stereocenters. The molecule has 0 spiro atoms. The first kappa shape index (κ1) is 16.9. The van der Waals surface area contributed by atoms with Crippen molar-refractivity contribution in [2.45, 2.75) is 32.5 Å². The molecule has 3 N–H and O–H groups in total. The maximum absolute atomic E-state index is 12.7. The normalized spacial score (nSPS) is 14.3. The molecule has 20 heavy (non-hydrogen) atoms. The SMILES string of the molecule is CC(C)CC(O)CNCC(O)COc1ccc(F)cc1. The van der Waals surface area contributed by atoms with Crippen molar-refractivity contribution in [2.75, 3.05) is 19.7 Å². The van der Waals surface area contributed by atoms with Gasteiger partial charge >= 0.3 is 0 Å². The average Bonchev–Trinajstić information content (AvgIpc) is 2.37. The predicted molar refractivity (Wildman–Crippen MR) is 76.2 cm³/mol. The highest BCUT2D eigenvalue weighted by atomic mass is 19.1. The van der Waals surface area contributed by atoms with Gasteiger partial charge in [-0.1, -0.05) is 13.8 Å². The second-order valence-corrected chi connectivity index (χ2v) is 5.36. The summed E-state index contributed by atoms with van der Waals surface area (Å²) in [6, 6.07) is 5.65. The van der Waals surface area contributed by atoms with Crippen LogP contribution in [-0.2, 0) is 0 Å². The van der Waals surface area contributed by atoms with Crippen molar-refractivity contribution in [1.82, 2.24) is 5.32 Å². The van der Waals surface area contributed by atoms with Crippen LogP contribution in [0, 0.1) is 11.7 Å². The Balaban J connectivity index is 2.14. The number of hydrogen-bond donors (Lipinski definition) is 3. The molecule has 0 aliphatic rings. The summed E-state index contributed by atoms with van der Waals surface area (Å²) in [6.07, 6.45) is -0.346. The van der Waals surface area contributed by atoms with E-state index in [0.29, 0.717) is 24.8 Å². The Kier molecular flexibility index (Phi) is 7.51. The number of aliphatic hydroxyl groups excluding tert-OH is 2. The smallest absolute Gasteiger partial charge is 0.123 e. The van der Waals surface area contributed by atoms with E-state index in [-0.39, 0.29) is 12.4 Å². The predicted octanol–water partition coefficient (Wildman–Crippen LogP) is 1.56. The van der Waals surface area contributed by atoms with Gasteiger partial charge in [0.25, 0.3) is 0 Å². The zero-order chi connectivity index (χ0) is 15.0. The fourth-order valence-corrected chi connectivity index (χ4v) is 1.83. The lowest BCUT2D eigenvalue weighted by Gasteiger charge is -2.16. The molecule has 0 saturated heterocycles. The largest absolute Gasteiger partial charge is 0.491 e. The van der Waals surface area contributed by atoms with Gasteiger partial charge < -0.3 is 20.3 Å². The lowest BCUT2D eigenvalue weighted by molar-refractivity contribution is 0.0965. The van der Waals surface area contributed by atoms with Crippen LogP contribution in [0.1, 0.15) is 20.3 Å². The molecule has 0 aliphatic carbocycles. The van der Waals surface area contributed by atoms with Crippen LogP contribution in [0.25, 0.3) is 0 Å². The fraction of sp³-hybridized carbons (Fsp3) is 0.600. The van der Waals surface area contributed by atoms with Crippen molar-refractivity contribution < 1.29 is 19.3 Å². The van der Waals surface area contributed by atoms with E-state index >= 15 is 0 Å². The van der Waals surface area contributed by atoms with Gasteiger partial charge in [0.05, 0.1) is 6.10 Å². The first-order valence-electron chi connectivity index (χ1n) is 6.92. The van der Waals surface area contributed by atoms with Crippen LogP contribution in [0.5, 0.6) is 5.75 Å². The summed E-state index contributed by atoms with van der Waals surface area (Å²) in [6.45, 7) is 5.02. The third kappa shape index (κ3) is 7.43. The molecule has 0 aromatic heterocycles. The highest BCUT2D eigenvalue weighted by molar-refractivity contribution is 5.22. The molecule has 2 atom stereocenters. The number of aliphatic hydroxyl groups is 2. The molecule has 1 aromatic carbocycles. The molecule has 0 fully saturated rings. The summed E-state index contributed by atoms with van der Waals surface area (Å²) in [5.74, 6) is 0.641. The minimum atomic E-state index is -0.675. The van der Waals surface area contributed by atoms with E-state index in [2.05, 4.69) is 19.2 Å². The number of halogens is 1. The van der Waals surface area contributed by atoms with Gasteiger partial charge in [-0.3, -0.25) is 0 Å². The van der Waals surface area contributed by atoms with Gasteiger partial charge in [-0.05, 0) is 36.6 Å². The topological polar surface area (TPSA) is 61.7 Å². The van der Waals surface area contributed by atoms with Crippen LogP contribution in [0.4, 0.5) is 4.39 Å². The Bertz CT molecular complexity index is 370. The van der Waals surface area contributed by atoms with Crippen molar-refractivity contribution in [2.24, 2.45) is 5.92 Å². The minimum Gasteiger partial charge on any atom is -0.491 e. The first-order valence-corrected chi connectivity index (χ1v) is 6.92. The number of hydrogen-bond acceptors (Lipinski definition) is 4. The summed E-state index contributed by atoms with van der Waals surface area (Å²) < 4.78 is 18.0. The summed E-state index contributed by atoms with van der Waals surface area (Å²) in [4.78, 5) is 0. The quantitative estimate of drug-likeness (QED) is 0.644. The zero-order valence-electron chi connectivity index (χ0n) is 12.1. The molecular weight excluding hydrogens is 261 g/mol. The van der Waals surface area contributed by atoms with Crippen LogP contribution in [0.3, 0.4) is 0 Å². The number of nitrogens with one attached hydrogen (secondary N) is 1. The van der Waals surface area contributed by atoms with E-state index in [1.54, 1.807) is 0 Å². The average molecular weight is 285 g/mol. The molecule has 5 heteroatoms. The second kappa shape index (κ2) is 8.89. The van der Waals surface area contributed by atoms with E-state index in [0.717, 1.165) is 6.42 Å². The van der Waals surface area contributed by atoms with Crippen LogP contribution >= 0.6 is 0 Å². The van der Waals surface area contributed by atoms with Gasteiger partial charge in [-0.25, -0.2) is 4.39 Å².